The largest absolute Gasteiger partial charge is 0.368 e. The predicted molar refractivity (Wildman–Crippen MR) is 150 cm³/mol. The summed E-state index contributed by atoms with van der Waals surface area (Å²) in [7, 11) is 0. The molecule has 3 aromatic rings. The van der Waals surface area contributed by atoms with E-state index in [9.17, 15) is 4.79 Å². The van der Waals surface area contributed by atoms with Gasteiger partial charge in [-0.05, 0) is 85.0 Å². The van der Waals surface area contributed by atoms with Crippen LogP contribution in [0, 0.1) is 6.92 Å². The second-order valence-corrected chi connectivity index (χ2v) is 10.6. The molecule has 1 atom stereocenters. The van der Waals surface area contributed by atoms with Crippen molar-refractivity contribution in [2.75, 3.05) is 13.1 Å². The van der Waals surface area contributed by atoms with Crippen LogP contribution in [0.2, 0.25) is 0 Å². The number of rotatable bonds is 8. The van der Waals surface area contributed by atoms with Crippen LogP contribution in [0.3, 0.4) is 0 Å². The molecular formula is C32H40N4O. The second-order valence-electron chi connectivity index (χ2n) is 10.6. The summed E-state index contributed by atoms with van der Waals surface area (Å²) in [4.78, 5) is 22.3. The molecule has 2 aromatic carbocycles. The van der Waals surface area contributed by atoms with E-state index in [0.29, 0.717) is 0 Å². The molecule has 1 amide bonds. The van der Waals surface area contributed by atoms with E-state index in [1.54, 1.807) is 0 Å². The minimum absolute atomic E-state index is 0.180. The fourth-order valence-electron chi connectivity index (χ4n) is 6.29. The lowest BCUT2D eigenvalue weighted by molar-refractivity contribution is -0.122. The third-order valence-corrected chi connectivity index (χ3v) is 8.34. The molecule has 0 spiro atoms. The summed E-state index contributed by atoms with van der Waals surface area (Å²) in [5.74, 6) is -0.206. The minimum Gasteiger partial charge on any atom is -0.368 e. The van der Waals surface area contributed by atoms with Crippen molar-refractivity contribution in [1.82, 2.24) is 14.8 Å². The quantitative estimate of drug-likeness (QED) is 0.466. The lowest BCUT2D eigenvalue weighted by Crippen LogP contribution is -2.40. The van der Waals surface area contributed by atoms with Crippen LogP contribution >= 0.6 is 0 Å². The Morgan fingerprint density at radius 3 is 2.41 bits per heavy atom. The maximum Gasteiger partial charge on any atom is 0.234 e. The summed E-state index contributed by atoms with van der Waals surface area (Å²) in [5, 5.41) is 0. The number of carbonyl (C=O) groups excluding carboxylic acids is 1. The van der Waals surface area contributed by atoms with E-state index in [1.807, 2.05) is 0 Å². The van der Waals surface area contributed by atoms with Gasteiger partial charge in [0.2, 0.25) is 5.91 Å². The molecule has 0 aliphatic carbocycles. The third-order valence-electron chi connectivity index (χ3n) is 8.34. The number of carbonyl (C=O) groups is 1. The van der Waals surface area contributed by atoms with Gasteiger partial charge in [-0.2, -0.15) is 0 Å². The van der Waals surface area contributed by atoms with Crippen molar-refractivity contribution >= 4 is 5.91 Å². The number of nitrogens with zero attached hydrogens (tertiary/aromatic N) is 3. The molecule has 1 saturated heterocycles. The number of aromatic nitrogens is 1. The average molecular weight is 497 g/mol. The molecular weight excluding hydrogens is 456 g/mol. The normalized spacial score (nSPS) is 18.2. The fourth-order valence-corrected chi connectivity index (χ4v) is 6.29. The Morgan fingerprint density at radius 2 is 1.70 bits per heavy atom. The van der Waals surface area contributed by atoms with Crippen molar-refractivity contribution in [1.29, 1.82) is 0 Å². The second kappa shape index (κ2) is 11.2. The zero-order valence-electron chi connectivity index (χ0n) is 22.6. The van der Waals surface area contributed by atoms with Crippen molar-refractivity contribution < 1.29 is 4.79 Å². The Hall–Kier alpha value is -3.02. The molecule has 5 heteroatoms. The van der Waals surface area contributed by atoms with Crippen LogP contribution in [0.4, 0.5) is 0 Å². The number of hydrogen-bond donors (Lipinski definition) is 1. The topological polar surface area (TPSA) is 62.5 Å². The Bertz CT molecular complexity index is 1260. The number of fused-ring (bicyclic) bond motifs is 1. The first-order valence-electron chi connectivity index (χ1n) is 13.9. The maximum absolute atomic E-state index is 12.2. The van der Waals surface area contributed by atoms with Crippen LogP contribution in [-0.4, -0.2) is 39.8 Å². The van der Waals surface area contributed by atoms with Gasteiger partial charge in [-0.25, -0.2) is 0 Å². The molecule has 194 valence electrons. The number of benzene rings is 2. The summed E-state index contributed by atoms with van der Waals surface area (Å²) < 4.78 is 0. The fraction of sp³-hybridized carbons (Fsp3) is 0.438. The van der Waals surface area contributed by atoms with Gasteiger partial charge in [0.25, 0.3) is 0 Å². The van der Waals surface area contributed by atoms with Gasteiger partial charge < -0.3 is 5.73 Å². The van der Waals surface area contributed by atoms with Gasteiger partial charge in [0.1, 0.15) is 0 Å². The maximum atomic E-state index is 12.2. The van der Waals surface area contributed by atoms with Crippen molar-refractivity contribution in [3.05, 3.63) is 87.6 Å². The van der Waals surface area contributed by atoms with Crippen LogP contribution < -0.4 is 5.73 Å². The summed E-state index contributed by atoms with van der Waals surface area (Å²) in [6, 6.07) is 17.6. The highest BCUT2D eigenvalue weighted by atomic mass is 16.1. The Labute approximate surface area is 221 Å². The number of hydrogen-bond acceptors (Lipinski definition) is 4. The van der Waals surface area contributed by atoms with Crippen LogP contribution in [-0.2, 0) is 43.7 Å². The number of likely N-dealkylation sites (tertiary alicyclic amines) is 1. The molecule has 0 unspecified atom stereocenters. The zero-order valence-corrected chi connectivity index (χ0v) is 22.6. The Balaban J connectivity index is 1.54. The molecule has 2 aliphatic heterocycles. The molecule has 1 aromatic heterocycles. The first kappa shape index (κ1) is 25.6. The lowest BCUT2D eigenvalue weighted by atomic mass is 9.92. The molecule has 37 heavy (non-hydrogen) atoms. The highest BCUT2D eigenvalue weighted by Crippen LogP contribution is 2.32. The van der Waals surface area contributed by atoms with Crippen LogP contribution in [0.5, 0.6) is 0 Å². The van der Waals surface area contributed by atoms with Crippen LogP contribution in [0.1, 0.15) is 65.8 Å². The summed E-state index contributed by atoms with van der Waals surface area (Å²) >= 11 is 0. The average Bonchev–Trinajstić information content (AvgIpc) is 3.38. The molecule has 1 fully saturated rings. The molecule has 0 radical (unpaired) electrons. The number of primary amides is 1. The van der Waals surface area contributed by atoms with Crippen molar-refractivity contribution in [3.63, 3.8) is 0 Å². The van der Waals surface area contributed by atoms with E-state index in [-0.39, 0.29) is 11.9 Å². The van der Waals surface area contributed by atoms with Gasteiger partial charge in [-0.15, -0.1) is 0 Å². The molecule has 0 bridgehead atoms. The summed E-state index contributed by atoms with van der Waals surface area (Å²) in [6.45, 7) is 11.1. The van der Waals surface area contributed by atoms with E-state index in [1.165, 1.54) is 38.9 Å². The number of nitrogens with two attached hydrogens (primary N) is 1. The highest BCUT2D eigenvalue weighted by Gasteiger charge is 2.30. The molecule has 5 rings (SSSR count). The minimum atomic E-state index is -0.206. The number of pyridine rings is 1. The molecule has 3 heterocycles. The van der Waals surface area contributed by atoms with Crippen molar-refractivity contribution in [3.8, 4) is 11.3 Å². The van der Waals surface area contributed by atoms with Crippen molar-refractivity contribution in [2.24, 2.45) is 5.73 Å². The summed E-state index contributed by atoms with van der Waals surface area (Å²) in [5.41, 5.74) is 17.4. The van der Waals surface area contributed by atoms with E-state index >= 15 is 0 Å². The molecule has 5 nitrogen and oxygen atoms in total. The van der Waals surface area contributed by atoms with Gasteiger partial charge in [0, 0.05) is 37.4 Å². The predicted octanol–water partition coefficient (Wildman–Crippen LogP) is 5.19. The third kappa shape index (κ3) is 5.34. The van der Waals surface area contributed by atoms with Gasteiger partial charge in [-0.3, -0.25) is 19.6 Å². The molecule has 2 aliphatic rings. The number of amides is 1. The van der Waals surface area contributed by atoms with Gasteiger partial charge >= 0.3 is 0 Å². The van der Waals surface area contributed by atoms with Gasteiger partial charge in [0.05, 0.1) is 11.7 Å². The smallest absolute Gasteiger partial charge is 0.234 e. The van der Waals surface area contributed by atoms with Gasteiger partial charge in [0.15, 0.2) is 0 Å². The molecule has 0 saturated carbocycles. The van der Waals surface area contributed by atoms with E-state index in [2.05, 4.69) is 79.1 Å². The van der Waals surface area contributed by atoms with E-state index in [0.717, 1.165) is 76.2 Å². The SMILES string of the molecule is CCc1cccc(CC)c1-c1cc(CN2CCC[C@H]2C(N)=O)c(CN2CCc3ccccc3C2)c(C)n1. The first-order valence-corrected chi connectivity index (χ1v) is 13.9. The lowest BCUT2D eigenvalue weighted by Gasteiger charge is -2.31. The number of aryl methyl sites for hydroxylation is 3. The van der Waals surface area contributed by atoms with Gasteiger partial charge in [-0.1, -0.05) is 56.3 Å². The van der Waals surface area contributed by atoms with E-state index in [4.69, 9.17) is 10.7 Å². The Kier molecular flexibility index (Phi) is 7.73. The highest BCUT2D eigenvalue weighted by molar-refractivity contribution is 5.80. The Morgan fingerprint density at radius 1 is 0.973 bits per heavy atom. The monoisotopic (exact) mass is 496 g/mol. The van der Waals surface area contributed by atoms with Crippen molar-refractivity contribution in [2.45, 2.75) is 78.6 Å². The first-order chi connectivity index (χ1) is 18.0. The van der Waals surface area contributed by atoms with Crippen LogP contribution in [0.25, 0.3) is 11.3 Å². The van der Waals surface area contributed by atoms with Crippen LogP contribution in [0.15, 0.2) is 48.5 Å². The molecule has 2 N–H and O–H groups in total. The summed E-state index contributed by atoms with van der Waals surface area (Å²) in [6.07, 6.45) is 4.90. The standard InChI is InChI=1S/C32H40N4O/c1-4-23-12-8-13-24(5-2)31(23)29-18-27(20-36-16-9-14-30(36)32(33)37)28(22(3)34-29)21-35-17-15-25-10-6-7-11-26(25)19-35/h6-8,10-13,18,30H,4-5,9,14-17,19-21H2,1-3H3,(H2,33,37)/t30-/m0/s1. The zero-order chi connectivity index (χ0) is 25.9. The van der Waals surface area contributed by atoms with E-state index < -0.39 is 0 Å².